The van der Waals surface area contributed by atoms with E-state index in [1.54, 1.807) is 0 Å². The molecule has 0 bridgehead atoms. The minimum atomic E-state index is -1.52. The molecule has 0 aromatic rings. The van der Waals surface area contributed by atoms with Crippen LogP contribution in [0.3, 0.4) is 0 Å². The van der Waals surface area contributed by atoms with Crippen molar-refractivity contribution in [3.8, 4) is 0 Å². The largest absolute Gasteiger partial charge is 0.477 e. The third-order valence-electron chi connectivity index (χ3n) is 14.4. The summed E-state index contributed by atoms with van der Waals surface area (Å²) in [5.74, 6) is -2.03. The van der Waals surface area contributed by atoms with E-state index in [0.717, 1.165) is 122 Å². The van der Waals surface area contributed by atoms with Crippen LogP contribution in [0.15, 0.2) is 134 Å². The first-order chi connectivity index (χ1) is 41.6. The van der Waals surface area contributed by atoms with Gasteiger partial charge in [0.1, 0.15) is 13.2 Å². The predicted octanol–water partition coefficient (Wildman–Crippen LogP) is 21.4. The zero-order chi connectivity index (χ0) is 61.9. The van der Waals surface area contributed by atoms with Gasteiger partial charge in [-0.1, -0.05) is 276 Å². The zero-order valence-electron chi connectivity index (χ0n) is 55.2. The van der Waals surface area contributed by atoms with Crippen LogP contribution in [0.1, 0.15) is 271 Å². The van der Waals surface area contributed by atoms with E-state index in [9.17, 15) is 19.5 Å². The Kier molecular flexibility index (Phi) is 61.9. The number of hydrogen-bond acceptors (Lipinski definition) is 7. The number of likely N-dealkylation sites (N-methyl/N-ethyl adjacent to an activating group) is 1. The summed E-state index contributed by atoms with van der Waals surface area (Å²) in [6.07, 6.45) is 91.2. The van der Waals surface area contributed by atoms with E-state index in [2.05, 4.69) is 148 Å². The summed E-state index contributed by atoms with van der Waals surface area (Å²) in [6.45, 7) is 4.74. The molecule has 0 radical (unpaired) electrons. The first-order valence-corrected chi connectivity index (χ1v) is 34.3. The fraction of sp³-hybridized carbons (Fsp3) is 0.671. The summed E-state index contributed by atoms with van der Waals surface area (Å²) >= 11 is 0. The van der Waals surface area contributed by atoms with Crippen molar-refractivity contribution in [2.75, 3.05) is 47.5 Å². The number of rotatable bonds is 62. The van der Waals surface area contributed by atoms with Crippen molar-refractivity contribution in [2.45, 2.75) is 283 Å². The Hall–Kier alpha value is -4.57. The normalized spacial score (nSPS) is 13.6. The Bertz CT molecular complexity index is 1860. The van der Waals surface area contributed by atoms with E-state index in [1.807, 2.05) is 21.1 Å². The number of carboxylic acids is 1. The van der Waals surface area contributed by atoms with Crippen molar-refractivity contribution in [2.24, 2.45) is 0 Å². The van der Waals surface area contributed by atoms with Crippen molar-refractivity contribution in [1.82, 2.24) is 0 Å². The molecule has 0 saturated carbocycles. The quantitative estimate of drug-likeness (QED) is 0.0211. The molecule has 0 aromatic carbocycles. The smallest absolute Gasteiger partial charge is 0.361 e. The molecule has 9 nitrogen and oxygen atoms in total. The van der Waals surface area contributed by atoms with Gasteiger partial charge < -0.3 is 28.5 Å². The van der Waals surface area contributed by atoms with Crippen LogP contribution in [0.5, 0.6) is 0 Å². The number of quaternary nitrogens is 1. The maximum atomic E-state index is 12.9. The highest BCUT2D eigenvalue weighted by atomic mass is 16.7. The number of carbonyl (C=O) groups is 3. The lowest BCUT2D eigenvalue weighted by Crippen LogP contribution is -2.40. The minimum absolute atomic E-state index is 0.178. The molecule has 0 aromatic heterocycles. The zero-order valence-corrected chi connectivity index (χ0v) is 55.2. The summed E-state index contributed by atoms with van der Waals surface area (Å²) in [7, 11) is 5.96. The van der Waals surface area contributed by atoms with Crippen molar-refractivity contribution < 1.29 is 42.9 Å². The molecule has 0 saturated heterocycles. The molecule has 0 aliphatic heterocycles. The Morgan fingerprint density at radius 3 is 1.00 bits per heavy atom. The molecule has 0 rings (SSSR count). The number of ether oxygens (including phenoxy) is 4. The first kappa shape index (κ1) is 80.4. The Balaban J connectivity index is 4.22. The maximum Gasteiger partial charge on any atom is 0.361 e. The molecule has 85 heavy (non-hydrogen) atoms. The van der Waals surface area contributed by atoms with Crippen LogP contribution in [-0.2, 0) is 33.3 Å². The van der Waals surface area contributed by atoms with Gasteiger partial charge in [-0.15, -0.1) is 0 Å². The number of esters is 2. The van der Waals surface area contributed by atoms with Crippen molar-refractivity contribution in [3.05, 3.63) is 134 Å². The molecule has 2 atom stereocenters. The van der Waals surface area contributed by atoms with E-state index in [4.69, 9.17) is 18.9 Å². The van der Waals surface area contributed by atoms with Crippen LogP contribution in [0.25, 0.3) is 0 Å². The Labute approximate surface area is 522 Å². The Morgan fingerprint density at radius 1 is 0.365 bits per heavy atom. The maximum absolute atomic E-state index is 12.9. The SMILES string of the molecule is CC/C=C\C/C=C\C/C=C\C/C=C\C/C=C\C/C=C\C/C=C\C/C=C\CCCCCCCCC(=O)OC(COC(=O)CCCCCCCCCCCCCCCC/C=C\C/C=C\C/C=C\CCCCCCC)COC(OCC[N+](C)(C)C)C(=O)O. The molecule has 0 aliphatic rings. The molecule has 0 spiro atoms. The molecule has 0 amide bonds. The van der Waals surface area contributed by atoms with Crippen LogP contribution in [0.4, 0.5) is 0 Å². The van der Waals surface area contributed by atoms with Crippen LogP contribution >= 0.6 is 0 Å². The van der Waals surface area contributed by atoms with Gasteiger partial charge in [-0.3, -0.25) is 9.59 Å². The van der Waals surface area contributed by atoms with Gasteiger partial charge in [0.15, 0.2) is 6.10 Å². The van der Waals surface area contributed by atoms with E-state index >= 15 is 0 Å². The number of unbranched alkanes of at least 4 members (excludes halogenated alkanes) is 25. The second kappa shape index (κ2) is 65.4. The second-order valence-corrected chi connectivity index (χ2v) is 23.7. The van der Waals surface area contributed by atoms with E-state index in [0.29, 0.717) is 23.9 Å². The second-order valence-electron chi connectivity index (χ2n) is 23.7. The van der Waals surface area contributed by atoms with E-state index < -0.39 is 24.3 Å². The summed E-state index contributed by atoms with van der Waals surface area (Å²) in [5.41, 5.74) is 0. The molecule has 9 heteroatoms. The number of hydrogen-bond donors (Lipinski definition) is 1. The highest BCUT2D eigenvalue weighted by molar-refractivity contribution is 5.71. The predicted molar refractivity (Wildman–Crippen MR) is 364 cm³/mol. The first-order valence-electron chi connectivity index (χ1n) is 34.3. The van der Waals surface area contributed by atoms with Gasteiger partial charge in [0.25, 0.3) is 6.29 Å². The van der Waals surface area contributed by atoms with Gasteiger partial charge in [-0.2, -0.15) is 0 Å². The van der Waals surface area contributed by atoms with Gasteiger partial charge >= 0.3 is 17.9 Å². The average Bonchev–Trinajstić information content (AvgIpc) is 3.49. The fourth-order valence-corrected chi connectivity index (χ4v) is 9.15. The lowest BCUT2D eigenvalue weighted by atomic mass is 10.0. The van der Waals surface area contributed by atoms with Gasteiger partial charge in [0, 0.05) is 12.8 Å². The molecule has 0 heterocycles. The van der Waals surface area contributed by atoms with Gasteiger partial charge in [-0.05, 0) is 116 Å². The molecule has 0 aliphatic carbocycles. The third-order valence-corrected chi connectivity index (χ3v) is 14.4. The fourth-order valence-electron chi connectivity index (χ4n) is 9.15. The lowest BCUT2D eigenvalue weighted by molar-refractivity contribution is -0.870. The number of allylic oxidation sites excluding steroid dienone is 22. The van der Waals surface area contributed by atoms with Crippen molar-refractivity contribution in [1.29, 1.82) is 0 Å². The number of nitrogens with zero attached hydrogens (tertiary/aromatic N) is 1. The van der Waals surface area contributed by atoms with Gasteiger partial charge in [0.2, 0.25) is 0 Å². The average molecular weight is 1180 g/mol. The summed E-state index contributed by atoms with van der Waals surface area (Å²) < 4.78 is 22.9. The van der Waals surface area contributed by atoms with Crippen molar-refractivity contribution >= 4 is 17.9 Å². The lowest BCUT2D eigenvalue weighted by Gasteiger charge is -2.25. The standard InChI is InChI=1S/C76H127NO8/c1-6-8-10-12-14-16-18-20-22-24-26-28-30-32-34-36-37-39-41-43-45-47-49-51-53-55-57-59-61-63-65-67-74(79)85-72(71-84-76(75(80)81)82-69-68-77(3,4)5)70-83-73(78)66-64-62-60-58-56-54-52-50-48-46-44-42-40-38-35-33-31-29-27-25-23-21-19-17-15-13-11-9-7-2/h8,10,14,16,19-22,25-28,31-34,37,39,43,45,49,51,72,76H,6-7,9,11-13,15,17-18,23-24,29-30,35-36,38,40-42,44,46-48,50,52-71H2,1-5H3/p+1/b10-8-,16-14-,21-19-,22-20-,27-25-,28-26-,33-31-,34-32-,39-37-,45-43-,51-49-. The molecule has 2 unspecified atom stereocenters. The highest BCUT2D eigenvalue weighted by Gasteiger charge is 2.25. The van der Waals surface area contributed by atoms with E-state index in [-0.39, 0.29) is 32.2 Å². The molecule has 484 valence electrons. The number of aliphatic carboxylic acids is 1. The number of carbonyl (C=O) groups excluding carboxylic acids is 2. The molecular formula is C76H128NO8+. The van der Waals surface area contributed by atoms with Crippen LogP contribution in [0, 0.1) is 0 Å². The molecule has 1 N–H and O–H groups in total. The van der Waals surface area contributed by atoms with Gasteiger partial charge in [-0.25, -0.2) is 4.79 Å². The van der Waals surface area contributed by atoms with Crippen LogP contribution in [-0.4, -0.2) is 87.4 Å². The van der Waals surface area contributed by atoms with Crippen LogP contribution in [0.2, 0.25) is 0 Å². The van der Waals surface area contributed by atoms with Crippen molar-refractivity contribution in [3.63, 3.8) is 0 Å². The monoisotopic (exact) mass is 1180 g/mol. The Morgan fingerprint density at radius 2 is 0.671 bits per heavy atom. The topological polar surface area (TPSA) is 108 Å². The van der Waals surface area contributed by atoms with Gasteiger partial charge in [0.05, 0.1) is 34.4 Å². The summed E-state index contributed by atoms with van der Waals surface area (Å²) in [5, 5.41) is 9.74. The molecular weight excluding hydrogens is 1050 g/mol. The summed E-state index contributed by atoms with van der Waals surface area (Å²) in [6, 6.07) is 0. The highest BCUT2D eigenvalue weighted by Crippen LogP contribution is 2.16. The third kappa shape index (κ3) is 66.8. The molecule has 0 fully saturated rings. The van der Waals surface area contributed by atoms with Crippen LogP contribution < -0.4 is 0 Å². The number of carboxylic acid groups (broad SMARTS) is 1. The van der Waals surface area contributed by atoms with E-state index in [1.165, 1.54) is 116 Å². The summed E-state index contributed by atoms with van der Waals surface area (Å²) in [4.78, 5) is 37.6. The minimum Gasteiger partial charge on any atom is -0.477 e.